The Labute approximate surface area is 107 Å². The van der Waals surface area contributed by atoms with Crippen LogP contribution in [0.5, 0.6) is 0 Å². The molecular formula is C13H20N2OS. The number of hydrogen-bond donors (Lipinski definition) is 1. The fourth-order valence-corrected chi connectivity index (χ4v) is 3.74. The van der Waals surface area contributed by atoms with Gasteiger partial charge in [-0.05, 0) is 24.9 Å². The lowest BCUT2D eigenvalue weighted by molar-refractivity contribution is -0.0735. The van der Waals surface area contributed by atoms with Crippen molar-refractivity contribution in [3.63, 3.8) is 0 Å². The molecule has 2 saturated heterocycles. The molecule has 1 unspecified atom stereocenters. The van der Waals surface area contributed by atoms with E-state index in [1.54, 1.807) is 0 Å². The van der Waals surface area contributed by atoms with Crippen LogP contribution in [0, 0.1) is 0 Å². The third kappa shape index (κ3) is 2.15. The predicted molar refractivity (Wildman–Crippen MR) is 70.7 cm³/mol. The molecule has 1 aromatic rings. The van der Waals surface area contributed by atoms with Gasteiger partial charge >= 0.3 is 0 Å². The minimum atomic E-state index is 0.298. The highest BCUT2D eigenvalue weighted by Crippen LogP contribution is 2.40. The van der Waals surface area contributed by atoms with E-state index in [1.807, 2.05) is 11.3 Å². The van der Waals surface area contributed by atoms with Crippen LogP contribution < -0.4 is 5.32 Å². The van der Waals surface area contributed by atoms with Crippen molar-refractivity contribution < 1.29 is 4.74 Å². The Bertz CT molecular complexity index is 362. The lowest BCUT2D eigenvalue weighted by Crippen LogP contribution is -2.56. The number of nitrogens with one attached hydrogen (secondary N) is 1. The fraction of sp³-hybridized carbons (Fsp3) is 0.692. The second kappa shape index (κ2) is 4.69. The molecule has 1 aromatic heterocycles. The smallest absolute Gasteiger partial charge is 0.0594 e. The topological polar surface area (TPSA) is 24.5 Å². The molecule has 94 valence electrons. The molecule has 1 N–H and O–H groups in total. The summed E-state index contributed by atoms with van der Waals surface area (Å²) < 4.78 is 5.51. The van der Waals surface area contributed by atoms with Crippen LogP contribution in [0.25, 0.3) is 0 Å². The molecule has 0 radical (unpaired) electrons. The molecule has 17 heavy (non-hydrogen) atoms. The summed E-state index contributed by atoms with van der Waals surface area (Å²) in [5, 5.41) is 5.68. The SMILES string of the molecule is CN1CCNCC1CC1(c2cccs2)COC1. The first kappa shape index (κ1) is 11.7. The summed E-state index contributed by atoms with van der Waals surface area (Å²) >= 11 is 1.88. The van der Waals surface area contributed by atoms with Gasteiger partial charge in [0.1, 0.15) is 0 Å². The van der Waals surface area contributed by atoms with Crippen LogP contribution >= 0.6 is 11.3 Å². The Morgan fingerprint density at radius 1 is 1.59 bits per heavy atom. The molecule has 1 atom stereocenters. The van der Waals surface area contributed by atoms with Crippen molar-refractivity contribution >= 4 is 11.3 Å². The van der Waals surface area contributed by atoms with E-state index in [9.17, 15) is 0 Å². The van der Waals surface area contributed by atoms with Crippen LogP contribution in [0.3, 0.4) is 0 Å². The largest absolute Gasteiger partial charge is 0.379 e. The molecule has 3 heterocycles. The Morgan fingerprint density at radius 2 is 2.47 bits per heavy atom. The van der Waals surface area contributed by atoms with E-state index < -0.39 is 0 Å². The maximum atomic E-state index is 5.51. The van der Waals surface area contributed by atoms with E-state index in [1.165, 1.54) is 11.3 Å². The first-order chi connectivity index (χ1) is 8.30. The lowest BCUT2D eigenvalue weighted by atomic mass is 9.77. The molecule has 0 aromatic carbocycles. The van der Waals surface area contributed by atoms with Crippen LogP contribution in [-0.2, 0) is 10.2 Å². The van der Waals surface area contributed by atoms with Crippen LogP contribution in [0.15, 0.2) is 17.5 Å². The monoisotopic (exact) mass is 252 g/mol. The molecule has 2 aliphatic rings. The van der Waals surface area contributed by atoms with Crippen LogP contribution in [0.2, 0.25) is 0 Å². The molecule has 0 bridgehead atoms. The maximum absolute atomic E-state index is 5.51. The van der Waals surface area contributed by atoms with E-state index in [4.69, 9.17) is 4.74 Å². The maximum Gasteiger partial charge on any atom is 0.0594 e. The number of ether oxygens (including phenoxy) is 1. The number of thiophene rings is 1. The van der Waals surface area contributed by atoms with Crippen molar-refractivity contribution in [1.29, 1.82) is 0 Å². The summed E-state index contributed by atoms with van der Waals surface area (Å²) in [7, 11) is 2.24. The zero-order valence-electron chi connectivity index (χ0n) is 10.3. The van der Waals surface area contributed by atoms with Crippen molar-refractivity contribution in [2.75, 3.05) is 39.9 Å². The highest BCUT2D eigenvalue weighted by Gasteiger charge is 2.43. The Kier molecular flexibility index (Phi) is 3.21. The molecule has 2 aliphatic heterocycles. The van der Waals surface area contributed by atoms with Crippen LogP contribution in [0.4, 0.5) is 0 Å². The van der Waals surface area contributed by atoms with E-state index in [0.29, 0.717) is 11.5 Å². The van der Waals surface area contributed by atoms with E-state index in [2.05, 4.69) is 34.8 Å². The second-order valence-electron chi connectivity index (χ2n) is 5.29. The molecule has 3 rings (SSSR count). The number of hydrogen-bond acceptors (Lipinski definition) is 4. The van der Waals surface area contributed by atoms with Crippen molar-refractivity contribution in [2.45, 2.75) is 17.9 Å². The number of piperazine rings is 1. The summed E-state index contributed by atoms with van der Waals surface area (Å²) in [5.41, 5.74) is 0.298. The average molecular weight is 252 g/mol. The second-order valence-corrected chi connectivity index (χ2v) is 6.24. The molecule has 0 saturated carbocycles. The summed E-state index contributed by atoms with van der Waals surface area (Å²) in [6.45, 7) is 5.20. The number of nitrogens with zero attached hydrogens (tertiary/aromatic N) is 1. The molecule has 3 nitrogen and oxygen atoms in total. The summed E-state index contributed by atoms with van der Waals surface area (Å²) in [5.74, 6) is 0. The van der Waals surface area contributed by atoms with E-state index in [-0.39, 0.29) is 0 Å². The van der Waals surface area contributed by atoms with Gasteiger partial charge in [-0.25, -0.2) is 0 Å². The molecule has 0 amide bonds. The van der Waals surface area contributed by atoms with Gasteiger partial charge in [-0.1, -0.05) is 6.07 Å². The molecule has 4 heteroatoms. The van der Waals surface area contributed by atoms with Gasteiger partial charge in [0, 0.05) is 30.6 Å². The molecule has 0 spiro atoms. The van der Waals surface area contributed by atoms with Gasteiger partial charge in [-0.15, -0.1) is 11.3 Å². The first-order valence-corrected chi connectivity index (χ1v) is 7.21. The van der Waals surface area contributed by atoms with Crippen molar-refractivity contribution in [3.8, 4) is 0 Å². The molecule has 2 fully saturated rings. The Morgan fingerprint density at radius 3 is 3.06 bits per heavy atom. The van der Waals surface area contributed by atoms with E-state index in [0.717, 1.165) is 32.8 Å². The lowest BCUT2D eigenvalue weighted by Gasteiger charge is -2.46. The van der Waals surface area contributed by atoms with Gasteiger partial charge < -0.3 is 15.0 Å². The molecular weight excluding hydrogens is 232 g/mol. The van der Waals surface area contributed by atoms with Crippen molar-refractivity contribution in [1.82, 2.24) is 10.2 Å². The zero-order chi connectivity index (χ0) is 11.7. The van der Waals surface area contributed by atoms with Crippen LogP contribution in [0.1, 0.15) is 11.3 Å². The van der Waals surface area contributed by atoms with Gasteiger partial charge in [-0.2, -0.15) is 0 Å². The van der Waals surface area contributed by atoms with Crippen molar-refractivity contribution in [3.05, 3.63) is 22.4 Å². The quantitative estimate of drug-likeness (QED) is 0.878. The first-order valence-electron chi connectivity index (χ1n) is 6.33. The van der Waals surface area contributed by atoms with Crippen LogP contribution in [-0.4, -0.2) is 50.8 Å². The Balaban J connectivity index is 1.73. The molecule has 0 aliphatic carbocycles. The summed E-state index contributed by atoms with van der Waals surface area (Å²) in [6.07, 6.45) is 1.22. The predicted octanol–water partition coefficient (Wildman–Crippen LogP) is 1.31. The third-order valence-electron chi connectivity index (χ3n) is 4.07. The van der Waals surface area contributed by atoms with Gasteiger partial charge in [0.05, 0.1) is 18.6 Å². The summed E-state index contributed by atoms with van der Waals surface area (Å²) in [6, 6.07) is 5.07. The standard InChI is InChI=1S/C13H20N2OS/c1-15-5-4-14-8-11(15)7-13(9-16-10-13)12-3-2-6-17-12/h2-3,6,11,14H,4-5,7-10H2,1H3. The zero-order valence-corrected chi connectivity index (χ0v) is 11.1. The van der Waals surface area contributed by atoms with Gasteiger partial charge in [0.25, 0.3) is 0 Å². The minimum absolute atomic E-state index is 0.298. The highest BCUT2D eigenvalue weighted by atomic mass is 32.1. The minimum Gasteiger partial charge on any atom is -0.379 e. The average Bonchev–Trinajstić information content (AvgIpc) is 2.79. The summed E-state index contributed by atoms with van der Waals surface area (Å²) in [4.78, 5) is 3.99. The van der Waals surface area contributed by atoms with Gasteiger partial charge in [0.2, 0.25) is 0 Å². The van der Waals surface area contributed by atoms with E-state index >= 15 is 0 Å². The van der Waals surface area contributed by atoms with Crippen molar-refractivity contribution in [2.24, 2.45) is 0 Å². The number of rotatable bonds is 3. The number of likely N-dealkylation sites (N-methyl/N-ethyl adjacent to an activating group) is 1. The van der Waals surface area contributed by atoms with Gasteiger partial charge in [-0.3, -0.25) is 0 Å². The third-order valence-corrected chi connectivity index (χ3v) is 5.19. The Hall–Kier alpha value is -0.420. The normalized spacial score (nSPS) is 28.9. The highest BCUT2D eigenvalue weighted by molar-refractivity contribution is 7.10. The fourth-order valence-electron chi connectivity index (χ4n) is 2.83. The van der Waals surface area contributed by atoms with Gasteiger partial charge in [0.15, 0.2) is 0 Å².